The van der Waals surface area contributed by atoms with Gasteiger partial charge in [0.25, 0.3) is 0 Å². The first-order valence-corrected chi connectivity index (χ1v) is 22.7. The maximum Gasteiger partial charge on any atom is 0.163 e. The number of nitrogen functional groups attached to an aromatic ring is 2. The molecule has 0 saturated carbocycles. The van der Waals surface area contributed by atoms with Gasteiger partial charge in [0, 0.05) is 85.1 Å². The van der Waals surface area contributed by atoms with Crippen LogP contribution in [0.3, 0.4) is 0 Å². The third kappa shape index (κ3) is 19.9. The number of ether oxygens (including phenoxy) is 8. The number of rotatable bonds is 18. The van der Waals surface area contributed by atoms with Crippen molar-refractivity contribution >= 4 is 56.3 Å². The van der Waals surface area contributed by atoms with Crippen LogP contribution in [0.1, 0.15) is 30.5 Å². The van der Waals surface area contributed by atoms with Gasteiger partial charge in [0.15, 0.2) is 23.0 Å². The van der Waals surface area contributed by atoms with Crippen LogP contribution in [0.25, 0.3) is 21.8 Å². The lowest BCUT2D eigenvalue weighted by Gasteiger charge is -2.15. The quantitative estimate of drug-likeness (QED) is 0.0275. The highest BCUT2D eigenvalue weighted by molar-refractivity contribution is 6.34. The minimum atomic E-state index is -0.954. The van der Waals surface area contributed by atoms with Crippen LogP contribution in [-0.4, -0.2) is 112 Å². The number of nitrogens with zero attached hydrogens (tertiary/aromatic N) is 4. The molecule has 6 N–H and O–H groups in total. The maximum absolute atomic E-state index is 9.34. The zero-order chi connectivity index (χ0) is 52.1. The number of hydrogen-bond acceptors (Lipinski definition) is 16. The lowest BCUT2D eigenvalue weighted by molar-refractivity contribution is 0.132. The summed E-state index contributed by atoms with van der Waals surface area (Å²) in [5.41, 5.74) is 16.1. The van der Waals surface area contributed by atoms with Crippen molar-refractivity contribution in [1.29, 1.82) is 0 Å². The number of aliphatic hydroxyl groups is 1. The largest absolute Gasteiger partial charge is 0.487 e. The summed E-state index contributed by atoms with van der Waals surface area (Å²) in [5.74, 6) is 13.7. The standard InChI is InChI=1S/C22H23N3O4.C14H17ClN2O4.C11H13NO.C8H7N/c1-4-16-6-5-7-17(12-16)25-22-18-13-20(28-10-8-26-2)21(29-11-9-27-3)14-19(18)23-15-24-22;1-18-3-5-20-12-7-10-11(16-9-17-14(10)15)8-13(12)21-6-4-19-2;1-11(2,13)7-6-9-4-3-5-10(12)8-9;1-2-7-4-3-5-8(9)6-7/h1,5-7,12-15H,8-11H2,2-3H3,(H,23,24,25);7-9H,3-6H2,1-2H3;3-5,8,13H,12H2,1-2H3;1,3-6H,9H2. The monoisotopic (exact) mass is 997 g/mol. The van der Waals surface area contributed by atoms with Gasteiger partial charge in [-0.15, -0.1) is 12.8 Å². The van der Waals surface area contributed by atoms with Crippen LogP contribution in [-0.2, 0) is 18.9 Å². The molecule has 0 unspecified atom stereocenters. The molecule has 2 heterocycles. The zero-order valence-electron chi connectivity index (χ0n) is 41.2. The Bertz CT molecular complexity index is 2940. The highest BCUT2D eigenvalue weighted by atomic mass is 35.5. The molecule has 0 fully saturated rings. The van der Waals surface area contributed by atoms with E-state index < -0.39 is 5.60 Å². The zero-order valence-corrected chi connectivity index (χ0v) is 42.0. The predicted octanol–water partition coefficient (Wildman–Crippen LogP) is 8.38. The van der Waals surface area contributed by atoms with E-state index in [2.05, 4.69) is 48.9 Å². The third-order valence-corrected chi connectivity index (χ3v) is 9.58. The van der Waals surface area contributed by atoms with Gasteiger partial charge < -0.3 is 59.8 Å². The smallest absolute Gasteiger partial charge is 0.163 e. The molecule has 72 heavy (non-hydrogen) atoms. The van der Waals surface area contributed by atoms with Crippen LogP contribution in [0.2, 0.25) is 5.15 Å². The van der Waals surface area contributed by atoms with Crippen molar-refractivity contribution in [2.75, 3.05) is 98.1 Å². The molecule has 5 aromatic carbocycles. The summed E-state index contributed by atoms with van der Waals surface area (Å²) in [6.45, 7) is 6.81. The van der Waals surface area contributed by atoms with Crippen LogP contribution in [0.5, 0.6) is 23.0 Å². The van der Waals surface area contributed by atoms with Gasteiger partial charge >= 0.3 is 0 Å². The SMILES string of the molecule is C#Cc1cccc(N)c1.C#Cc1cccc(Nc2ncnc3cc(OCCOC)c(OCCOC)cc23)c1.CC(C)(O)C#Cc1cccc(N)c1.COCCOc1cc2ncnc(Cl)c2cc1OCCOC. The Hall–Kier alpha value is -7.85. The van der Waals surface area contributed by atoms with Crippen molar-refractivity contribution in [3.8, 4) is 59.5 Å². The number of halogens is 1. The number of hydrogen-bond donors (Lipinski definition) is 4. The number of aromatic nitrogens is 4. The predicted molar refractivity (Wildman–Crippen MR) is 284 cm³/mol. The first-order chi connectivity index (χ1) is 34.8. The molecule has 0 saturated heterocycles. The average Bonchev–Trinajstić information content (AvgIpc) is 3.37. The molecule has 7 aromatic rings. The first-order valence-electron chi connectivity index (χ1n) is 22.3. The van der Waals surface area contributed by atoms with Crippen LogP contribution in [0, 0.1) is 36.5 Å². The highest BCUT2D eigenvalue weighted by Crippen LogP contribution is 2.36. The molecule has 7 rings (SSSR count). The minimum absolute atomic E-state index is 0.375. The number of nitrogens with two attached hydrogens (primary N) is 2. The van der Waals surface area contributed by atoms with Crippen molar-refractivity contribution in [1.82, 2.24) is 19.9 Å². The molecular weight excluding hydrogens is 938 g/mol. The first kappa shape index (κ1) is 56.7. The molecule has 0 aliphatic rings. The number of fused-ring (bicyclic) bond motifs is 2. The van der Waals surface area contributed by atoms with E-state index in [9.17, 15) is 5.11 Å². The van der Waals surface area contributed by atoms with Gasteiger partial charge in [0.1, 0.15) is 55.7 Å². The van der Waals surface area contributed by atoms with E-state index in [0.717, 1.165) is 33.3 Å². The Morgan fingerprint density at radius 1 is 0.556 bits per heavy atom. The summed E-state index contributed by atoms with van der Waals surface area (Å²) >= 11 is 6.08. The summed E-state index contributed by atoms with van der Waals surface area (Å²) in [4.78, 5) is 16.9. The van der Waals surface area contributed by atoms with Crippen LogP contribution >= 0.6 is 11.6 Å². The van der Waals surface area contributed by atoms with Gasteiger partial charge in [-0.25, -0.2) is 19.9 Å². The second kappa shape index (κ2) is 30.7. The number of terminal acetylenes is 2. The van der Waals surface area contributed by atoms with Crippen molar-refractivity contribution in [2.45, 2.75) is 19.4 Å². The van der Waals surface area contributed by atoms with E-state index in [0.29, 0.717) is 109 Å². The average molecular weight is 999 g/mol. The van der Waals surface area contributed by atoms with Gasteiger partial charge in [0.2, 0.25) is 0 Å². The van der Waals surface area contributed by atoms with E-state index in [1.165, 1.54) is 12.7 Å². The Balaban J connectivity index is 0.000000227. The van der Waals surface area contributed by atoms with Gasteiger partial charge in [-0.2, -0.15) is 0 Å². The summed E-state index contributed by atoms with van der Waals surface area (Å²) in [7, 11) is 6.48. The van der Waals surface area contributed by atoms with Crippen molar-refractivity contribution < 1.29 is 43.0 Å². The maximum atomic E-state index is 9.34. The molecule has 16 nitrogen and oxygen atoms in total. The Labute approximate surface area is 426 Å². The van der Waals surface area contributed by atoms with Crippen molar-refractivity contribution in [2.24, 2.45) is 0 Å². The van der Waals surface area contributed by atoms with Gasteiger partial charge in [-0.3, -0.25) is 0 Å². The summed E-state index contributed by atoms with van der Waals surface area (Å²) in [5, 5.41) is 14.5. The lowest BCUT2D eigenvalue weighted by atomic mass is 10.1. The normalized spacial score (nSPS) is 10.3. The molecule has 0 spiro atoms. The van der Waals surface area contributed by atoms with E-state index in [1.54, 1.807) is 78.7 Å². The summed E-state index contributed by atoms with van der Waals surface area (Å²) in [6.07, 6.45) is 13.5. The fraction of sp³-hybridized carbons (Fsp3) is 0.273. The van der Waals surface area contributed by atoms with E-state index in [4.69, 9.17) is 73.8 Å². The van der Waals surface area contributed by atoms with Crippen molar-refractivity contribution in [3.63, 3.8) is 0 Å². The van der Waals surface area contributed by atoms with E-state index in [-0.39, 0.29) is 0 Å². The van der Waals surface area contributed by atoms with Crippen LogP contribution < -0.4 is 35.7 Å². The number of benzene rings is 5. The van der Waals surface area contributed by atoms with Gasteiger partial charge in [-0.1, -0.05) is 53.5 Å². The number of nitrogens with one attached hydrogen (secondary N) is 1. The Kier molecular flexibility index (Phi) is 24.2. The van der Waals surface area contributed by atoms with Crippen molar-refractivity contribution in [3.05, 3.63) is 132 Å². The number of anilines is 4. The molecule has 0 aliphatic heterocycles. The van der Waals surface area contributed by atoms with Gasteiger partial charge in [0.05, 0.1) is 37.5 Å². The lowest BCUT2D eigenvalue weighted by Crippen LogP contribution is -2.14. The van der Waals surface area contributed by atoms with E-state index in [1.807, 2.05) is 60.7 Å². The van der Waals surface area contributed by atoms with Gasteiger partial charge in [-0.05, 0) is 80.6 Å². The van der Waals surface area contributed by atoms with Crippen LogP contribution in [0.15, 0.2) is 110 Å². The molecule has 0 bridgehead atoms. The topological polar surface area (TPSA) is 210 Å². The fourth-order valence-electron chi connectivity index (χ4n) is 5.88. The Morgan fingerprint density at radius 2 is 0.986 bits per heavy atom. The fourth-order valence-corrected chi connectivity index (χ4v) is 6.08. The second-order valence-electron chi connectivity index (χ2n) is 15.4. The molecule has 0 aliphatic carbocycles. The highest BCUT2D eigenvalue weighted by Gasteiger charge is 2.14. The molecule has 376 valence electrons. The Morgan fingerprint density at radius 3 is 1.46 bits per heavy atom. The molecule has 2 aromatic heterocycles. The molecular formula is C55H60ClN7O9. The minimum Gasteiger partial charge on any atom is -0.487 e. The second-order valence-corrected chi connectivity index (χ2v) is 15.8. The van der Waals surface area contributed by atoms with E-state index >= 15 is 0 Å². The third-order valence-electron chi connectivity index (χ3n) is 9.28. The van der Waals surface area contributed by atoms with Crippen LogP contribution in [0.4, 0.5) is 22.9 Å². The molecule has 0 amide bonds. The summed E-state index contributed by atoms with van der Waals surface area (Å²) in [6, 6.07) is 29.3. The molecule has 17 heteroatoms. The number of methoxy groups -OCH3 is 4. The molecule has 0 radical (unpaired) electrons. The molecule has 0 atom stereocenters. The summed E-state index contributed by atoms with van der Waals surface area (Å²) < 4.78 is 43.1.